The van der Waals surface area contributed by atoms with Gasteiger partial charge in [-0.1, -0.05) is 6.92 Å². The van der Waals surface area contributed by atoms with E-state index in [9.17, 15) is 21.6 Å². The second kappa shape index (κ2) is 7.10. The minimum atomic E-state index is -4.83. The molecule has 0 spiro atoms. The van der Waals surface area contributed by atoms with Crippen LogP contribution in [0.4, 0.5) is 13.2 Å². The maximum Gasteiger partial charge on any atom is 0.573 e. The van der Waals surface area contributed by atoms with Gasteiger partial charge in [0.1, 0.15) is 5.75 Å². The van der Waals surface area contributed by atoms with Crippen molar-refractivity contribution in [3.63, 3.8) is 0 Å². The lowest BCUT2D eigenvalue weighted by atomic mass is 10.2. The summed E-state index contributed by atoms with van der Waals surface area (Å²) >= 11 is 0. The van der Waals surface area contributed by atoms with Crippen molar-refractivity contribution in [1.82, 2.24) is 4.72 Å². The van der Waals surface area contributed by atoms with Gasteiger partial charge in [0.05, 0.1) is 4.90 Å². The van der Waals surface area contributed by atoms with Crippen LogP contribution in [0.1, 0.15) is 19.8 Å². The number of aliphatic hydroxyl groups excluding tert-OH is 1. The molecule has 0 aliphatic carbocycles. The highest BCUT2D eigenvalue weighted by Crippen LogP contribution is 2.24. The summed E-state index contributed by atoms with van der Waals surface area (Å²) in [7, 11) is -3.85. The normalized spacial score (nSPS) is 14.0. The summed E-state index contributed by atoms with van der Waals surface area (Å²) in [5.41, 5.74) is 0. The maximum atomic E-state index is 12.0. The Morgan fingerprint density at radius 3 is 2.29 bits per heavy atom. The van der Waals surface area contributed by atoms with Gasteiger partial charge in [-0.2, -0.15) is 0 Å². The molecule has 1 rings (SSSR count). The molecule has 1 atom stereocenters. The lowest BCUT2D eigenvalue weighted by Gasteiger charge is -2.16. The molecule has 1 unspecified atom stereocenters. The fourth-order valence-electron chi connectivity index (χ4n) is 1.61. The van der Waals surface area contributed by atoms with Gasteiger partial charge in [-0.25, -0.2) is 13.1 Å². The Kier molecular flexibility index (Phi) is 5.99. The fraction of sp³-hybridized carbons (Fsp3) is 0.500. The van der Waals surface area contributed by atoms with Crippen molar-refractivity contribution in [1.29, 1.82) is 0 Å². The average Bonchev–Trinajstić information content (AvgIpc) is 2.36. The number of rotatable bonds is 7. The van der Waals surface area contributed by atoms with Crippen LogP contribution < -0.4 is 9.46 Å². The average molecular weight is 327 g/mol. The minimum Gasteiger partial charge on any atom is -0.406 e. The summed E-state index contributed by atoms with van der Waals surface area (Å²) in [6.07, 6.45) is -4.09. The Hall–Kier alpha value is -1.32. The molecule has 9 heteroatoms. The van der Waals surface area contributed by atoms with E-state index in [-0.39, 0.29) is 17.9 Å². The third-order valence-corrected chi connectivity index (χ3v) is 4.20. The number of ether oxygens (including phenoxy) is 1. The standard InChI is InChI=1S/C12H16F3NO4S/c1-2-9(7-8-17)16-21(18,19)11-5-3-10(4-6-11)20-12(13,14)15/h3-6,9,16-17H,2,7-8H2,1H3. The highest BCUT2D eigenvalue weighted by molar-refractivity contribution is 7.89. The largest absolute Gasteiger partial charge is 0.573 e. The van der Waals surface area contributed by atoms with Crippen LogP contribution in [0.15, 0.2) is 29.2 Å². The molecular formula is C12H16F3NO4S. The predicted octanol–water partition coefficient (Wildman–Crippen LogP) is 2.02. The second-order valence-corrected chi connectivity index (χ2v) is 5.97. The number of nitrogens with one attached hydrogen (secondary N) is 1. The lowest BCUT2D eigenvalue weighted by molar-refractivity contribution is -0.274. The van der Waals surface area contributed by atoms with Crippen molar-refractivity contribution in [3.05, 3.63) is 24.3 Å². The molecule has 2 N–H and O–H groups in total. The van der Waals surface area contributed by atoms with Crippen LogP contribution in [0.3, 0.4) is 0 Å². The summed E-state index contributed by atoms with van der Waals surface area (Å²) in [5, 5.41) is 8.82. The summed E-state index contributed by atoms with van der Waals surface area (Å²) in [6, 6.07) is 3.46. The Morgan fingerprint density at radius 1 is 1.29 bits per heavy atom. The molecule has 0 bridgehead atoms. The second-order valence-electron chi connectivity index (χ2n) is 4.26. The Labute approximate surface area is 120 Å². The van der Waals surface area contributed by atoms with E-state index >= 15 is 0 Å². The molecular weight excluding hydrogens is 311 g/mol. The third-order valence-electron chi connectivity index (χ3n) is 2.66. The molecule has 1 aromatic rings. The minimum absolute atomic E-state index is 0.167. The Morgan fingerprint density at radius 2 is 1.86 bits per heavy atom. The smallest absolute Gasteiger partial charge is 0.406 e. The van der Waals surface area contributed by atoms with Crippen LogP contribution in [0.5, 0.6) is 5.75 Å². The van der Waals surface area contributed by atoms with E-state index in [2.05, 4.69) is 9.46 Å². The molecule has 0 saturated carbocycles. The van der Waals surface area contributed by atoms with E-state index in [4.69, 9.17) is 5.11 Å². The quantitative estimate of drug-likeness (QED) is 0.803. The number of aliphatic hydroxyl groups is 1. The van der Waals surface area contributed by atoms with Gasteiger partial charge < -0.3 is 9.84 Å². The highest BCUT2D eigenvalue weighted by atomic mass is 32.2. The molecule has 5 nitrogen and oxygen atoms in total. The van der Waals surface area contributed by atoms with Crippen molar-refractivity contribution in [2.24, 2.45) is 0 Å². The van der Waals surface area contributed by atoms with E-state index < -0.39 is 28.2 Å². The zero-order valence-corrected chi connectivity index (χ0v) is 12.0. The number of hydrogen-bond acceptors (Lipinski definition) is 4. The first kappa shape index (κ1) is 17.7. The zero-order valence-electron chi connectivity index (χ0n) is 11.2. The highest BCUT2D eigenvalue weighted by Gasteiger charge is 2.31. The van der Waals surface area contributed by atoms with Crippen LogP contribution in [0, 0.1) is 0 Å². The molecule has 0 fully saturated rings. The van der Waals surface area contributed by atoms with E-state index in [1.165, 1.54) is 0 Å². The Balaban J connectivity index is 2.84. The third kappa shape index (κ3) is 5.90. The van der Waals surface area contributed by atoms with Crippen LogP contribution >= 0.6 is 0 Å². The topological polar surface area (TPSA) is 75.6 Å². The van der Waals surface area contributed by atoms with Gasteiger partial charge in [0.15, 0.2) is 0 Å². The lowest BCUT2D eigenvalue weighted by Crippen LogP contribution is -2.35. The summed E-state index contributed by atoms with van der Waals surface area (Å²) < 4.78 is 66.1. The SMILES string of the molecule is CCC(CCO)NS(=O)(=O)c1ccc(OC(F)(F)F)cc1. The van der Waals surface area contributed by atoms with Crippen LogP contribution in [0.25, 0.3) is 0 Å². The van der Waals surface area contributed by atoms with Crippen molar-refractivity contribution in [2.45, 2.75) is 37.1 Å². The summed E-state index contributed by atoms with van der Waals surface area (Å²) in [5.74, 6) is -0.496. The first-order chi connectivity index (χ1) is 9.68. The first-order valence-corrected chi connectivity index (χ1v) is 7.65. The molecule has 0 radical (unpaired) electrons. The van der Waals surface area contributed by atoms with Crippen LogP contribution in [-0.4, -0.2) is 32.5 Å². The van der Waals surface area contributed by atoms with Gasteiger partial charge in [-0.15, -0.1) is 13.2 Å². The molecule has 0 aromatic heterocycles. The van der Waals surface area contributed by atoms with Crippen molar-refractivity contribution < 1.29 is 31.4 Å². The van der Waals surface area contributed by atoms with Gasteiger partial charge >= 0.3 is 6.36 Å². The number of alkyl halides is 3. The molecule has 0 amide bonds. The monoisotopic (exact) mass is 327 g/mol. The molecule has 0 heterocycles. The van der Waals surface area contributed by atoms with E-state index in [1.54, 1.807) is 6.92 Å². The predicted molar refractivity (Wildman–Crippen MR) is 69.2 cm³/mol. The van der Waals surface area contributed by atoms with Gasteiger partial charge in [-0.3, -0.25) is 0 Å². The van der Waals surface area contributed by atoms with Gasteiger partial charge in [-0.05, 0) is 37.1 Å². The van der Waals surface area contributed by atoms with Crippen molar-refractivity contribution in [3.8, 4) is 5.75 Å². The molecule has 1 aromatic carbocycles. The molecule has 120 valence electrons. The van der Waals surface area contributed by atoms with Gasteiger partial charge in [0.2, 0.25) is 10.0 Å². The van der Waals surface area contributed by atoms with Crippen LogP contribution in [0.2, 0.25) is 0 Å². The summed E-state index contributed by atoms with van der Waals surface area (Å²) in [4.78, 5) is -0.173. The number of benzene rings is 1. The van der Waals surface area contributed by atoms with E-state index in [0.29, 0.717) is 6.42 Å². The molecule has 0 aliphatic rings. The molecule has 21 heavy (non-hydrogen) atoms. The van der Waals surface area contributed by atoms with E-state index in [0.717, 1.165) is 24.3 Å². The summed E-state index contributed by atoms with van der Waals surface area (Å²) in [6.45, 7) is 1.59. The Bertz CT molecular complexity index is 543. The van der Waals surface area contributed by atoms with Crippen LogP contribution in [-0.2, 0) is 10.0 Å². The zero-order chi connectivity index (χ0) is 16.1. The van der Waals surface area contributed by atoms with Gasteiger partial charge in [0.25, 0.3) is 0 Å². The fourth-order valence-corrected chi connectivity index (χ4v) is 2.96. The number of hydrogen-bond donors (Lipinski definition) is 2. The van der Waals surface area contributed by atoms with Gasteiger partial charge in [0, 0.05) is 12.6 Å². The van der Waals surface area contributed by atoms with E-state index in [1.807, 2.05) is 0 Å². The van der Waals surface area contributed by atoms with Crippen molar-refractivity contribution in [2.75, 3.05) is 6.61 Å². The number of halogens is 3. The maximum absolute atomic E-state index is 12.0. The molecule has 0 saturated heterocycles. The molecule has 0 aliphatic heterocycles. The van der Waals surface area contributed by atoms with Crippen molar-refractivity contribution >= 4 is 10.0 Å². The number of sulfonamides is 1. The first-order valence-electron chi connectivity index (χ1n) is 6.17.